The number of piperidine rings is 1. The summed E-state index contributed by atoms with van der Waals surface area (Å²) in [4.78, 5) is 37.6. The number of pyridine rings is 1. The second-order valence-corrected chi connectivity index (χ2v) is 5.94. The van der Waals surface area contributed by atoms with Crippen LogP contribution in [0.15, 0.2) is 24.5 Å². The van der Waals surface area contributed by atoms with Crippen LogP contribution in [0.3, 0.4) is 0 Å². The van der Waals surface area contributed by atoms with Crippen molar-refractivity contribution in [2.45, 2.75) is 18.9 Å². The minimum Gasteiger partial charge on any atom is -0.494 e. The molecule has 1 saturated heterocycles. The number of rotatable bonds is 6. The van der Waals surface area contributed by atoms with Crippen LogP contribution in [-0.4, -0.2) is 58.3 Å². The van der Waals surface area contributed by atoms with Gasteiger partial charge < -0.3 is 20.7 Å². The highest BCUT2D eigenvalue weighted by Gasteiger charge is 2.22. The topological polar surface area (TPSA) is 123 Å². The van der Waals surface area contributed by atoms with Crippen LogP contribution in [0, 0.1) is 0 Å². The molecule has 1 aliphatic heterocycles. The van der Waals surface area contributed by atoms with Gasteiger partial charge in [-0.2, -0.15) is 4.98 Å². The molecule has 9 nitrogen and oxygen atoms in total. The molecule has 0 aliphatic carbocycles. The standard InChI is InChI=1S/C17H20N6O3/c1-26-13-3-2-6-19-14(13)15(25)12-9-20-17(22-16(12)18)21-11-4-7-23(10-24)8-5-11/h2-3,6,9-11H,4-5,7-8H2,1H3,(H3,18,20,21,22). The predicted molar refractivity (Wildman–Crippen MR) is 94.9 cm³/mol. The number of hydrogen-bond acceptors (Lipinski definition) is 8. The van der Waals surface area contributed by atoms with E-state index in [1.165, 1.54) is 19.5 Å². The molecule has 0 atom stereocenters. The second kappa shape index (κ2) is 7.77. The van der Waals surface area contributed by atoms with Crippen molar-refractivity contribution in [1.82, 2.24) is 19.9 Å². The summed E-state index contributed by atoms with van der Waals surface area (Å²) in [6.45, 7) is 1.37. The highest BCUT2D eigenvalue weighted by molar-refractivity contribution is 6.11. The number of anilines is 2. The number of nitrogens with zero attached hydrogens (tertiary/aromatic N) is 4. The fourth-order valence-corrected chi connectivity index (χ4v) is 2.82. The van der Waals surface area contributed by atoms with E-state index in [2.05, 4.69) is 20.3 Å². The lowest BCUT2D eigenvalue weighted by molar-refractivity contribution is -0.118. The number of nitrogens with one attached hydrogen (secondary N) is 1. The van der Waals surface area contributed by atoms with Crippen LogP contribution in [0.4, 0.5) is 11.8 Å². The molecule has 2 aromatic heterocycles. The van der Waals surface area contributed by atoms with Crippen LogP contribution in [-0.2, 0) is 4.79 Å². The molecule has 0 unspecified atom stereocenters. The van der Waals surface area contributed by atoms with Gasteiger partial charge in [0.2, 0.25) is 18.1 Å². The van der Waals surface area contributed by atoms with E-state index in [-0.39, 0.29) is 23.1 Å². The maximum atomic E-state index is 12.7. The third kappa shape index (κ3) is 3.71. The third-order valence-corrected chi connectivity index (χ3v) is 4.28. The van der Waals surface area contributed by atoms with Gasteiger partial charge in [-0.25, -0.2) is 9.97 Å². The number of ether oxygens (including phenoxy) is 1. The van der Waals surface area contributed by atoms with Gasteiger partial charge in [-0.3, -0.25) is 9.59 Å². The van der Waals surface area contributed by atoms with Crippen LogP contribution in [0.2, 0.25) is 0 Å². The Balaban J connectivity index is 1.73. The van der Waals surface area contributed by atoms with Gasteiger partial charge in [0, 0.05) is 31.5 Å². The summed E-state index contributed by atoms with van der Waals surface area (Å²) >= 11 is 0. The van der Waals surface area contributed by atoms with Crippen LogP contribution in [0.1, 0.15) is 28.9 Å². The van der Waals surface area contributed by atoms with E-state index in [9.17, 15) is 9.59 Å². The summed E-state index contributed by atoms with van der Waals surface area (Å²) in [7, 11) is 1.47. The van der Waals surface area contributed by atoms with Gasteiger partial charge in [0.25, 0.3) is 0 Å². The summed E-state index contributed by atoms with van der Waals surface area (Å²) in [6, 6.07) is 3.49. The van der Waals surface area contributed by atoms with Crippen LogP contribution >= 0.6 is 0 Å². The molecule has 0 aromatic carbocycles. The molecule has 1 aliphatic rings. The molecule has 26 heavy (non-hydrogen) atoms. The Morgan fingerprint density at radius 3 is 2.81 bits per heavy atom. The van der Waals surface area contributed by atoms with Gasteiger partial charge in [-0.15, -0.1) is 0 Å². The molecule has 3 N–H and O–H groups in total. The van der Waals surface area contributed by atoms with Gasteiger partial charge in [-0.05, 0) is 25.0 Å². The van der Waals surface area contributed by atoms with E-state index in [0.29, 0.717) is 24.8 Å². The van der Waals surface area contributed by atoms with Gasteiger partial charge >= 0.3 is 0 Å². The lowest BCUT2D eigenvalue weighted by Gasteiger charge is -2.29. The summed E-state index contributed by atoms with van der Waals surface area (Å²) in [5.74, 6) is 0.397. The highest BCUT2D eigenvalue weighted by atomic mass is 16.5. The summed E-state index contributed by atoms with van der Waals surface area (Å²) in [6.07, 6.45) is 5.36. The molecular formula is C17H20N6O3. The fourth-order valence-electron chi connectivity index (χ4n) is 2.82. The van der Waals surface area contributed by atoms with Crippen molar-refractivity contribution < 1.29 is 14.3 Å². The zero-order valence-corrected chi connectivity index (χ0v) is 14.4. The number of hydrogen-bond donors (Lipinski definition) is 2. The third-order valence-electron chi connectivity index (χ3n) is 4.28. The maximum Gasteiger partial charge on any atom is 0.224 e. The predicted octanol–water partition coefficient (Wildman–Crippen LogP) is 0.726. The Bertz CT molecular complexity index is 805. The first-order valence-corrected chi connectivity index (χ1v) is 8.24. The molecular weight excluding hydrogens is 336 g/mol. The van der Waals surface area contributed by atoms with Crippen molar-refractivity contribution in [1.29, 1.82) is 0 Å². The molecule has 2 aromatic rings. The first kappa shape index (κ1) is 17.6. The average Bonchev–Trinajstić information content (AvgIpc) is 2.68. The number of amides is 1. The Labute approximate surface area is 150 Å². The molecule has 1 fully saturated rings. The smallest absolute Gasteiger partial charge is 0.224 e. The van der Waals surface area contributed by atoms with Gasteiger partial charge in [-0.1, -0.05) is 0 Å². The van der Waals surface area contributed by atoms with E-state index in [4.69, 9.17) is 10.5 Å². The van der Waals surface area contributed by atoms with Crippen LogP contribution in [0.5, 0.6) is 5.75 Å². The molecule has 9 heteroatoms. The Morgan fingerprint density at radius 2 is 2.15 bits per heavy atom. The number of nitrogens with two attached hydrogens (primary N) is 1. The Kier molecular flexibility index (Phi) is 5.26. The van der Waals surface area contributed by atoms with Gasteiger partial charge in [0.05, 0.1) is 12.7 Å². The lowest BCUT2D eigenvalue weighted by Crippen LogP contribution is -2.38. The first-order valence-electron chi connectivity index (χ1n) is 8.24. The summed E-state index contributed by atoms with van der Waals surface area (Å²) in [5, 5.41) is 3.20. The van der Waals surface area contributed by atoms with Crippen molar-refractivity contribution in [2.24, 2.45) is 0 Å². The van der Waals surface area contributed by atoms with Crippen molar-refractivity contribution >= 4 is 24.0 Å². The quantitative estimate of drug-likeness (QED) is 0.573. The molecule has 0 spiro atoms. The van der Waals surface area contributed by atoms with Crippen molar-refractivity contribution in [3.05, 3.63) is 35.8 Å². The second-order valence-electron chi connectivity index (χ2n) is 5.94. The molecule has 1 amide bonds. The SMILES string of the molecule is COc1cccnc1C(=O)c1cnc(NC2CCN(C=O)CC2)nc1N. The largest absolute Gasteiger partial charge is 0.494 e. The van der Waals surface area contributed by atoms with Crippen LogP contribution < -0.4 is 15.8 Å². The number of aromatic nitrogens is 3. The van der Waals surface area contributed by atoms with E-state index < -0.39 is 5.78 Å². The molecule has 3 heterocycles. The Morgan fingerprint density at radius 1 is 1.38 bits per heavy atom. The average molecular weight is 356 g/mol. The van der Waals surface area contributed by atoms with E-state index >= 15 is 0 Å². The lowest BCUT2D eigenvalue weighted by atomic mass is 10.1. The molecule has 0 radical (unpaired) electrons. The number of carbonyl (C=O) groups excluding carboxylic acids is 2. The first-order chi connectivity index (χ1) is 12.6. The number of methoxy groups -OCH3 is 1. The van der Waals surface area contributed by atoms with E-state index in [1.54, 1.807) is 17.0 Å². The zero-order chi connectivity index (χ0) is 18.5. The molecule has 3 rings (SSSR count). The number of nitrogen functional groups attached to an aromatic ring is 1. The molecule has 136 valence electrons. The number of carbonyl (C=O) groups is 2. The normalized spacial score (nSPS) is 14.7. The molecule has 0 saturated carbocycles. The Hall–Kier alpha value is -3.23. The maximum absolute atomic E-state index is 12.7. The zero-order valence-electron chi connectivity index (χ0n) is 14.4. The minimum absolute atomic E-state index is 0.0746. The fraction of sp³-hybridized carbons (Fsp3) is 0.353. The van der Waals surface area contributed by atoms with Crippen LogP contribution in [0.25, 0.3) is 0 Å². The highest BCUT2D eigenvalue weighted by Crippen LogP contribution is 2.22. The number of likely N-dealkylation sites (tertiary alicyclic amines) is 1. The van der Waals surface area contributed by atoms with Gasteiger partial charge in [0.1, 0.15) is 11.6 Å². The van der Waals surface area contributed by atoms with E-state index in [0.717, 1.165) is 19.3 Å². The number of ketones is 1. The van der Waals surface area contributed by atoms with Crippen molar-refractivity contribution in [3.8, 4) is 5.75 Å². The summed E-state index contributed by atoms with van der Waals surface area (Å²) in [5.41, 5.74) is 6.29. The summed E-state index contributed by atoms with van der Waals surface area (Å²) < 4.78 is 5.16. The van der Waals surface area contributed by atoms with Gasteiger partial charge in [0.15, 0.2) is 5.69 Å². The van der Waals surface area contributed by atoms with Crippen molar-refractivity contribution in [2.75, 3.05) is 31.2 Å². The molecule has 0 bridgehead atoms. The monoisotopic (exact) mass is 356 g/mol. The van der Waals surface area contributed by atoms with E-state index in [1.807, 2.05) is 0 Å². The van der Waals surface area contributed by atoms with Crippen molar-refractivity contribution in [3.63, 3.8) is 0 Å². The minimum atomic E-state index is -0.397.